The minimum absolute atomic E-state index is 0.428. The number of fused-ring (bicyclic) bond motifs is 11. The smallest absolute Gasteiger partial charge is 0.399 e. The number of para-hydroxylation sites is 3. The lowest BCUT2D eigenvalue weighted by molar-refractivity contribution is 0.00578. The van der Waals surface area contributed by atoms with Gasteiger partial charge < -0.3 is 9.31 Å². The fraction of sp³-hybridized carbons (Fsp3) is 0.140. The Kier molecular flexibility index (Phi) is 6.78. The van der Waals surface area contributed by atoms with Crippen molar-refractivity contribution in [3.63, 3.8) is 0 Å². The topological polar surface area (TPSA) is 36.3 Å². The van der Waals surface area contributed by atoms with Crippen LogP contribution in [0.5, 0.6) is 0 Å². The van der Waals surface area contributed by atoms with Crippen molar-refractivity contribution in [1.29, 1.82) is 0 Å². The lowest BCUT2D eigenvalue weighted by Crippen LogP contribution is -2.41. The number of imidazole rings is 1. The lowest BCUT2D eigenvalue weighted by atomic mass is 9.68. The fourth-order valence-corrected chi connectivity index (χ4v) is 9.33. The molecule has 1 unspecified atom stereocenters. The van der Waals surface area contributed by atoms with Crippen LogP contribution in [0.25, 0.3) is 61.5 Å². The first-order valence-electron chi connectivity index (χ1n) is 19.2. The summed E-state index contributed by atoms with van der Waals surface area (Å²) >= 11 is 0. The lowest BCUT2D eigenvalue weighted by Gasteiger charge is -2.32. The van der Waals surface area contributed by atoms with E-state index in [0.717, 1.165) is 39.1 Å². The zero-order chi connectivity index (χ0) is 37.1. The van der Waals surface area contributed by atoms with Crippen LogP contribution in [0.2, 0.25) is 0 Å². The summed E-state index contributed by atoms with van der Waals surface area (Å²) in [7, 11) is -0.452. The normalized spacial score (nSPS) is 18.4. The summed E-state index contributed by atoms with van der Waals surface area (Å²) in [6, 6.07) is 59.6. The van der Waals surface area contributed by atoms with Gasteiger partial charge in [0.2, 0.25) is 0 Å². The number of hydrogen-bond donors (Lipinski definition) is 0. The number of hydrogen-bond acceptors (Lipinski definition) is 3. The van der Waals surface area contributed by atoms with Crippen molar-refractivity contribution in [2.24, 2.45) is 0 Å². The largest absolute Gasteiger partial charge is 0.494 e. The molecule has 264 valence electrons. The highest BCUT2D eigenvalue weighted by Crippen LogP contribution is 2.63. The zero-order valence-corrected chi connectivity index (χ0v) is 31.4. The maximum Gasteiger partial charge on any atom is 0.494 e. The Labute approximate surface area is 322 Å². The predicted octanol–water partition coefficient (Wildman–Crippen LogP) is 11.0. The Morgan fingerprint density at radius 3 is 1.69 bits per heavy atom. The quantitative estimate of drug-likeness (QED) is 0.171. The minimum atomic E-state index is -0.492. The highest BCUT2D eigenvalue weighted by atomic mass is 16.7. The third-order valence-electron chi connectivity index (χ3n) is 12.7. The van der Waals surface area contributed by atoms with Crippen LogP contribution >= 0.6 is 0 Å². The first-order valence-corrected chi connectivity index (χ1v) is 19.2. The summed E-state index contributed by atoms with van der Waals surface area (Å²) in [6.45, 7) is 8.48. The molecular formula is C50H39BN2O2. The van der Waals surface area contributed by atoms with Crippen molar-refractivity contribution in [2.45, 2.75) is 44.3 Å². The predicted molar refractivity (Wildman–Crippen MR) is 224 cm³/mol. The maximum atomic E-state index is 6.62. The molecular weight excluding hydrogens is 671 g/mol. The van der Waals surface area contributed by atoms with Crippen LogP contribution in [0.1, 0.15) is 49.9 Å². The summed E-state index contributed by atoms with van der Waals surface area (Å²) in [6.07, 6.45) is 0. The van der Waals surface area contributed by atoms with E-state index in [4.69, 9.17) is 14.3 Å². The molecule has 8 aromatic rings. The molecule has 1 fully saturated rings. The van der Waals surface area contributed by atoms with Gasteiger partial charge in [-0.05, 0) is 119 Å². The number of rotatable bonds is 4. The van der Waals surface area contributed by atoms with Gasteiger partial charge in [0.15, 0.2) is 0 Å². The van der Waals surface area contributed by atoms with Crippen molar-refractivity contribution in [1.82, 2.24) is 9.55 Å². The molecule has 11 rings (SSSR count). The van der Waals surface area contributed by atoms with Crippen LogP contribution in [0.15, 0.2) is 164 Å². The maximum absolute atomic E-state index is 6.62. The number of benzene rings is 7. The van der Waals surface area contributed by atoms with E-state index in [9.17, 15) is 0 Å². The second-order valence-electron chi connectivity index (χ2n) is 16.2. The Morgan fingerprint density at radius 2 is 1.00 bits per heavy atom. The van der Waals surface area contributed by atoms with Crippen LogP contribution in [0.3, 0.4) is 0 Å². The Morgan fingerprint density at radius 1 is 0.473 bits per heavy atom. The van der Waals surface area contributed by atoms with Gasteiger partial charge in [0.05, 0.1) is 27.7 Å². The molecule has 4 nitrogen and oxygen atoms in total. The zero-order valence-electron chi connectivity index (χ0n) is 31.4. The molecule has 5 heteroatoms. The molecule has 1 aliphatic heterocycles. The molecule has 2 heterocycles. The first kappa shape index (κ1) is 32.4. The molecule has 0 N–H and O–H groups in total. The van der Waals surface area contributed by atoms with Crippen molar-refractivity contribution < 1.29 is 9.31 Å². The summed E-state index contributed by atoms with van der Waals surface area (Å²) in [5, 5.41) is 0. The van der Waals surface area contributed by atoms with Crippen LogP contribution in [0.4, 0.5) is 0 Å². The second kappa shape index (κ2) is 11.5. The van der Waals surface area contributed by atoms with Gasteiger partial charge in [-0.3, -0.25) is 4.57 Å². The molecule has 1 spiro atoms. The van der Waals surface area contributed by atoms with Gasteiger partial charge in [0.1, 0.15) is 5.82 Å². The highest BCUT2D eigenvalue weighted by molar-refractivity contribution is 6.62. The van der Waals surface area contributed by atoms with Gasteiger partial charge in [0, 0.05) is 11.3 Å². The monoisotopic (exact) mass is 710 g/mol. The van der Waals surface area contributed by atoms with E-state index in [1.165, 1.54) is 50.1 Å². The van der Waals surface area contributed by atoms with Gasteiger partial charge in [-0.15, -0.1) is 0 Å². The molecule has 3 aliphatic rings. The Balaban J connectivity index is 1.07. The average molecular weight is 711 g/mol. The second-order valence-corrected chi connectivity index (χ2v) is 16.2. The molecule has 0 bridgehead atoms. The number of aromatic nitrogens is 2. The van der Waals surface area contributed by atoms with Crippen molar-refractivity contribution in [2.75, 3.05) is 0 Å². The van der Waals surface area contributed by atoms with Crippen molar-refractivity contribution in [3.8, 4) is 50.5 Å². The molecule has 1 saturated heterocycles. The van der Waals surface area contributed by atoms with E-state index in [1.54, 1.807) is 0 Å². The summed E-state index contributed by atoms with van der Waals surface area (Å²) in [4.78, 5) is 5.12. The summed E-state index contributed by atoms with van der Waals surface area (Å²) in [5.41, 5.74) is 16.6. The van der Waals surface area contributed by atoms with Gasteiger partial charge in [-0.1, -0.05) is 133 Å². The summed E-state index contributed by atoms with van der Waals surface area (Å²) in [5.74, 6) is 0.930. The standard InChI is InChI=1S/C50H39BN2O2/c1-48(2)49(3,4)55-51(54-48)35-27-29-40-38-17-9-11-19-42(38)50(44(40)31-35)41-18-10-8-16-37(41)39-28-26-34(30-43(39)50)32-22-24-33(25-23-32)47-52-45-20-12-13-21-46(45)53(47)36-14-6-5-7-15-36/h5-31H,1-4H3. The van der Waals surface area contributed by atoms with Crippen LogP contribution < -0.4 is 5.46 Å². The Bertz CT molecular complexity index is 2810. The van der Waals surface area contributed by atoms with Crippen LogP contribution in [-0.4, -0.2) is 27.9 Å². The van der Waals surface area contributed by atoms with E-state index >= 15 is 0 Å². The van der Waals surface area contributed by atoms with E-state index in [1.807, 2.05) is 0 Å². The molecule has 2 aliphatic carbocycles. The SMILES string of the molecule is CC1(C)OB(c2ccc3c(c2)C2(c4ccccc4-3)c3ccccc3-c3ccc(-c4ccc(-c5nc6ccccc6n5-c5ccccc5)cc4)cc32)OC1(C)C. The third-order valence-corrected chi connectivity index (χ3v) is 12.7. The van der Waals surface area contributed by atoms with Crippen molar-refractivity contribution in [3.05, 3.63) is 186 Å². The molecule has 7 aromatic carbocycles. The molecule has 0 amide bonds. The van der Waals surface area contributed by atoms with Crippen LogP contribution in [0, 0.1) is 0 Å². The molecule has 55 heavy (non-hydrogen) atoms. The van der Waals surface area contributed by atoms with Gasteiger partial charge in [0.25, 0.3) is 0 Å². The highest BCUT2D eigenvalue weighted by Gasteiger charge is 2.54. The first-order chi connectivity index (χ1) is 26.7. The molecule has 0 radical (unpaired) electrons. The van der Waals surface area contributed by atoms with Crippen molar-refractivity contribution >= 4 is 23.6 Å². The molecule has 0 saturated carbocycles. The third kappa shape index (κ3) is 4.51. The molecule has 1 atom stereocenters. The van der Waals surface area contributed by atoms with Crippen LogP contribution in [-0.2, 0) is 14.7 Å². The minimum Gasteiger partial charge on any atom is -0.399 e. The average Bonchev–Trinajstić information content (AvgIpc) is 3.90. The van der Waals surface area contributed by atoms with E-state index in [2.05, 4.69) is 196 Å². The van der Waals surface area contributed by atoms with Gasteiger partial charge in [-0.2, -0.15) is 0 Å². The summed E-state index contributed by atoms with van der Waals surface area (Å²) < 4.78 is 15.5. The Hall–Kier alpha value is -6.01. The van der Waals surface area contributed by atoms with Gasteiger partial charge >= 0.3 is 7.12 Å². The van der Waals surface area contributed by atoms with E-state index < -0.39 is 23.7 Å². The van der Waals surface area contributed by atoms with E-state index in [-0.39, 0.29) is 0 Å². The van der Waals surface area contributed by atoms with E-state index in [0.29, 0.717) is 0 Å². The fourth-order valence-electron chi connectivity index (χ4n) is 9.33. The number of nitrogens with zero attached hydrogens (tertiary/aromatic N) is 2. The van der Waals surface area contributed by atoms with Gasteiger partial charge in [-0.25, -0.2) is 4.98 Å². The molecule has 1 aromatic heterocycles.